The molecule has 0 aliphatic rings. The first-order chi connectivity index (χ1) is 7.17. The Kier molecular flexibility index (Phi) is 4.78. The molecule has 4 nitrogen and oxygen atoms in total. The molecule has 1 aromatic heterocycles. The van der Waals surface area contributed by atoms with Gasteiger partial charge in [-0.1, -0.05) is 13.3 Å². The highest BCUT2D eigenvalue weighted by Gasteiger charge is 2.16. The van der Waals surface area contributed by atoms with Crippen molar-refractivity contribution in [2.75, 3.05) is 0 Å². The van der Waals surface area contributed by atoms with Crippen molar-refractivity contribution in [3.8, 4) is 0 Å². The average Bonchev–Trinajstić information content (AvgIpc) is 2.66. The number of aliphatic hydroxyl groups is 2. The van der Waals surface area contributed by atoms with E-state index in [9.17, 15) is 10.2 Å². The number of aryl methyl sites for hydroxylation is 1. The maximum Gasteiger partial charge on any atom is 0.0840 e. The topological polar surface area (TPSA) is 58.3 Å². The van der Waals surface area contributed by atoms with E-state index in [0.29, 0.717) is 12.8 Å². The minimum absolute atomic E-state index is 0.473. The lowest BCUT2D eigenvalue weighted by Crippen LogP contribution is -2.27. The van der Waals surface area contributed by atoms with Crippen molar-refractivity contribution in [1.82, 2.24) is 9.78 Å². The summed E-state index contributed by atoms with van der Waals surface area (Å²) in [6, 6.07) is 0. The van der Waals surface area contributed by atoms with Crippen LogP contribution in [0.25, 0.3) is 0 Å². The monoisotopic (exact) mass is 212 g/mol. The Morgan fingerprint density at radius 3 is 2.60 bits per heavy atom. The van der Waals surface area contributed by atoms with Crippen molar-refractivity contribution in [2.45, 2.75) is 51.9 Å². The molecule has 1 heterocycles. The number of rotatable bonds is 6. The van der Waals surface area contributed by atoms with Crippen LogP contribution in [0, 0.1) is 0 Å². The van der Waals surface area contributed by atoms with Crippen LogP contribution in [0.5, 0.6) is 0 Å². The molecule has 0 aliphatic heterocycles. The van der Waals surface area contributed by atoms with E-state index in [1.54, 1.807) is 6.20 Å². The van der Waals surface area contributed by atoms with E-state index in [1.807, 2.05) is 24.7 Å². The number of hydrogen-bond acceptors (Lipinski definition) is 3. The maximum absolute atomic E-state index is 9.70. The zero-order valence-electron chi connectivity index (χ0n) is 9.43. The second-order valence-electron chi connectivity index (χ2n) is 3.83. The van der Waals surface area contributed by atoms with Gasteiger partial charge in [0.15, 0.2) is 0 Å². The lowest BCUT2D eigenvalue weighted by molar-refractivity contribution is 0.0148. The smallest absolute Gasteiger partial charge is 0.0840 e. The molecular formula is C11H20N2O2. The van der Waals surface area contributed by atoms with Crippen LogP contribution in [-0.2, 0) is 13.0 Å². The zero-order chi connectivity index (χ0) is 11.3. The van der Waals surface area contributed by atoms with Crippen LogP contribution in [0.3, 0.4) is 0 Å². The number of aliphatic hydroxyl groups excluding tert-OH is 2. The van der Waals surface area contributed by atoms with Gasteiger partial charge in [0, 0.05) is 19.2 Å². The maximum atomic E-state index is 9.70. The Bertz CT molecular complexity index is 286. The van der Waals surface area contributed by atoms with Crippen LogP contribution in [0.1, 0.15) is 32.3 Å². The van der Waals surface area contributed by atoms with Gasteiger partial charge in [-0.15, -0.1) is 0 Å². The van der Waals surface area contributed by atoms with Crippen LogP contribution in [0.4, 0.5) is 0 Å². The third-order valence-corrected chi connectivity index (χ3v) is 2.48. The highest BCUT2D eigenvalue weighted by atomic mass is 16.3. The minimum atomic E-state index is -0.681. The molecule has 15 heavy (non-hydrogen) atoms. The Labute approximate surface area is 90.5 Å². The first-order valence-electron chi connectivity index (χ1n) is 5.54. The molecule has 0 radical (unpaired) electrons. The minimum Gasteiger partial charge on any atom is -0.390 e. The summed E-state index contributed by atoms with van der Waals surface area (Å²) in [5.74, 6) is 0. The molecule has 0 aliphatic carbocycles. The summed E-state index contributed by atoms with van der Waals surface area (Å²) in [7, 11) is 0. The Hall–Kier alpha value is -0.870. The normalized spacial score (nSPS) is 15.2. The highest BCUT2D eigenvalue weighted by molar-refractivity contribution is 5.05. The number of aromatic nitrogens is 2. The molecule has 86 valence electrons. The van der Waals surface area contributed by atoms with E-state index in [2.05, 4.69) is 5.10 Å². The van der Waals surface area contributed by atoms with Gasteiger partial charge in [0.05, 0.1) is 18.4 Å². The third kappa shape index (κ3) is 3.64. The summed E-state index contributed by atoms with van der Waals surface area (Å²) in [5, 5.41) is 23.4. The van der Waals surface area contributed by atoms with Gasteiger partial charge in [0.25, 0.3) is 0 Å². The summed E-state index contributed by atoms with van der Waals surface area (Å²) in [6.45, 7) is 4.83. The lowest BCUT2D eigenvalue weighted by atomic mass is 10.0. The summed E-state index contributed by atoms with van der Waals surface area (Å²) in [6.07, 6.45) is 4.34. The average molecular weight is 212 g/mol. The van der Waals surface area contributed by atoms with Crippen molar-refractivity contribution in [1.29, 1.82) is 0 Å². The van der Waals surface area contributed by atoms with Gasteiger partial charge in [-0.25, -0.2) is 0 Å². The molecule has 2 N–H and O–H groups in total. The second-order valence-corrected chi connectivity index (χ2v) is 3.83. The van der Waals surface area contributed by atoms with Crippen molar-refractivity contribution >= 4 is 0 Å². The predicted octanol–water partition coefficient (Wildman–Crippen LogP) is 0.967. The summed E-state index contributed by atoms with van der Waals surface area (Å²) in [5.41, 5.74) is 0.972. The first-order valence-corrected chi connectivity index (χ1v) is 5.54. The summed E-state index contributed by atoms with van der Waals surface area (Å²) in [4.78, 5) is 0. The van der Waals surface area contributed by atoms with E-state index < -0.39 is 12.2 Å². The SMILES string of the molecule is CCCC(O)C(O)Cc1cnn(CC)c1. The Morgan fingerprint density at radius 2 is 2.07 bits per heavy atom. The van der Waals surface area contributed by atoms with Crippen molar-refractivity contribution in [2.24, 2.45) is 0 Å². The fourth-order valence-electron chi connectivity index (χ4n) is 1.55. The largest absolute Gasteiger partial charge is 0.390 e. The Morgan fingerprint density at radius 1 is 1.33 bits per heavy atom. The van der Waals surface area contributed by atoms with E-state index in [0.717, 1.165) is 18.5 Å². The van der Waals surface area contributed by atoms with Gasteiger partial charge in [0.1, 0.15) is 0 Å². The standard InChI is InChI=1S/C11H20N2O2/c1-3-5-10(14)11(15)6-9-7-12-13(4-2)8-9/h7-8,10-11,14-15H,3-6H2,1-2H3. The second kappa shape index (κ2) is 5.88. The molecule has 0 saturated carbocycles. The van der Waals surface area contributed by atoms with Crippen molar-refractivity contribution in [3.05, 3.63) is 18.0 Å². The van der Waals surface area contributed by atoms with Crippen LogP contribution < -0.4 is 0 Å². The van der Waals surface area contributed by atoms with Crippen LogP contribution in [-0.4, -0.2) is 32.2 Å². The lowest BCUT2D eigenvalue weighted by Gasteiger charge is -2.15. The molecule has 0 spiro atoms. The van der Waals surface area contributed by atoms with Crippen molar-refractivity contribution in [3.63, 3.8) is 0 Å². The third-order valence-electron chi connectivity index (χ3n) is 2.48. The molecule has 1 aromatic rings. The van der Waals surface area contributed by atoms with Gasteiger partial charge in [-0.2, -0.15) is 5.10 Å². The number of nitrogens with zero attached hydrogens (tertiary/aromatic N) is 2. The summed E-state index contributed by atoms with van der Waals surface area (Å²) < 4.78 is 1.81. The van der Waals surface area contributed by atoms with Gasteiger partial charge >= 0.3 is 0 Å². The molecule has 2 unspecified atom stereocenters. The molecular weight excluding hydrogens is 192 g/mol. The molecule has 0 aromatic carbocycles. The van der Waals surface area contributed by atoms with E-state index in [-0.39, 0.29) is 0 Å². The van der Waals surface area contributed by atoms with Gasteiger partial charge < -0.3 is 10.2 Å². The van der Waals surface area contributed by atoms with Crippen LogP contribution in [0.15, 0.2) is 12.4 Å². The fourth-order valence-corrected chi connectivity index (χ4v) is 1.55. The van der Waals surface area contributed by atoms with Crippen LogP contribution >= 0.6 is 0 Å². The molecule has 0 saturated heterocycles. The molecule has 1 rings (SSSR count). The Balaban J connectivity index is 2.46. The molecule has 4 heteroatoms. The fraction of sp³-hybridized carbons (Fsp3) is 0.727. The van der Waals surface area contributed by atoms with Gasteiger partial charge in [-0.05, 0) is 18.9 Å². The quantitative estimate of drug-likeness (QED) is 0.738. The van der Waals surface area contributed by atoms with E-state index >= 15 is 0 Å². The van der Waals surface area contributed by atoms with Crippen LogP contribution in [0.2, 0.25) is 0 Å². The summed E-state index contributed by atoms with van der Waals surface area (Å²) >= 11 is 0. The van der Waals surface area contributed by atoms with E-state index in [1.165, 1.54) is 0 Å². The molecule has 0 fully saturated rings. The molecule has 2 atom stereocenters. The van der Waals surface area contributed by atoms with E-state index in [4.69, 9.17) is 0 Å². The van der Waals surface area contributed by atoms with Crippen molar-refractivity contribution < 1.29 is 10.2 Å². The van der Waals surface area contributed by atoms with Gasteiger partial charge in [0.2, 0.25) is 0 Å². The zero-order valence-corrected chi connectivity index (χ0v) is 9.43. The van der Waals surface area contributed by atoms with Gasteiger partial charge in [-0.3, -0.25) is 4.68 Å². The molecule has 0 amide bonds. The predicted molar refractivity (Wildman–Crippen MR) is 58.5 cm³/mol. The molecule has 0 bridgehead atoms. The highest BCUT2D eigenvalue weighted by Crippen LogP contribution is 2.09. The first kappa shape index (κ1) is 12.2. The number of hydrogen-bond donors (Lipinski definition) is 2.